The zero-order valence-electron chi connectivity index (χ0n) is 8.88. The number of anilines is 1. The highest BCUT2D eigenvalue weighted by Gasteiger charge is 2.28. The summed E-state index contributed by atoms with van der Waals surface area (Å²) >= 11 is 3.30. The molecule has 0 fully saturated rings. The molecule has 1 aromatic rings. The van der Waals surface area contributed by atoms with Crippen molar-refractivity contribution < 1.29 is 9.94 Å². The van der Waals surface area contributed by atoms with Crippen LogP contribution >= 0.6 is 15.9 Å². The van der Waals surface area contributed by atoms with Gasteiger partial charge in [0.25, 0.3) is 0 Å². The Hall–Kier alpha value is -0.910. The van der Waals surface area contributed by atoms with Crippen molar-refractivity contribution in [1.82, 2.24) is 4.98 Å². The molecule has 2 atom stereocenters. The van der Waals surface area contributed by atoms with Gasteiger partial charge in [0.15, 0.2) is 5.82 Å². The van der Waals surface area contributed by atoms with Crippen molar-refractivity contribution in [3.8, 4) is 0 Å². The van der Waals surface area contributed by atoms with Crippen molar-refractivity contribution >= 4 is 21.7 Å². The van der Waals surface area contributed by atoms with Crippen LogP contribution in [0, 0.1) is 0 Å². The van der Waals surface area contributed by atoms with Crippen LogP contribution in [0.4, 0.5) is 5.82 Å². The van der Waals surface area contributed by atoms with Crippen molar-refractivity contribution in [1.29, 1.82) is 0 Å². The molecule has 4 nitrogen and oxygen atoms in total. The molecule has 0 aromatic carbocycles. The molecule has 86 valence electrons. The molecule has 1 aliphatic rings. The smallest absolute Gasteiger partial charge is 0.152 e. The fourth-order valence-electron chi connectivity index (χ4n) is 1.76. The van der Waals surface area contributed by atoms with Gasteiger partial charge in [-0.2, -0.15) is 0 Å². The molecule has 1 aliphatic carbocycles. The lowest BCUT2D eigenvalue weighted by molar-refractivity contribution is 0.0840. The number of hydrogen-bond donors (Lipinski definition) is 1. The molecule has 0 spiro atoms. The van der Waals surface area contributed by atoms with E-state index in [0.29, 0.717) is 5.82 Å². The van der Waals surface area contributed by atoms with Crippen LogP contribution in [-0.4, -0.2) is 29.4 Å². The number of halogens is 1. The highest BCUT2D eigenvalue weighted by atomic mass is 79.9. The zero-order chi connectivity index (χ0) is 11.5. The summed E-state index contributed by atoms with van der Waals surface area (Å²) in [6, 6.07) is 3.50. The number of pyridine rings is 1. The first-order valence-corrected chi connectivity index (χ1v) is 5.81. The number of aromatic nitrogens is 1. The monoisotopic (exact) mass is 284 g/mol. The average Bonchev–Trinajstić information content (AvgIpc) is 2.77. The van der Waals surface area contributed by atoms with Gasteiger partial charge >= 0.3 is 0 Å². The first kappa shape index (κ1) is 11.6. The van der Waals surface area contributed by atoms with E-state index in [1.165, 1.54) is 5.06 Å². The van der Waals surface area contributed by atoms with Gasteiger partial charge < -0.3 is 4.74 Å². The lowest BCUT2D eigenvalue weighted by atomic mass is 10.2. The minimum atomic E-state index is -0.0984. The van der Waals surface area contributed by atoms with Gasteiger partial charge in [-0.15, -0.1) is 0 Å². The molecule has 0 bridgehead atoms. The number of rotatable bonds is 3. The van der Waals surface area contributed by atoms with Crippen molar-refractivity contribution in [3.05, 3.63) is 35.0 Å². The molecule has 0 amide bonds. The van der Waals surface area contributed by atoms with E-state index in [9.17, 15) is 5.21 Å². The third-order valence-electron chi connectivity index (χ3n) is 2.62. The molecule has 1 aromatic heterocycles. The molecule has 0 radical (unpaired) electrons. The van der Waals surface area contributed by atoms with E-state index in [1.54, 1.807) is 19.4 Å². The highest BCUT2D eigenvalue weighted by molar-refractivity contribution is 9.10. The summed E-state index contributed by atoms with van der Waals surface area (Å²) in [5.74, 6) is 0.527. The second kappa shape index (κ2) is 4.95. The van der Waals surface area contributed by atoms with Gasteiger partial charge in [0.05, 0.1) is 12.1 Å². The maximum absolute atomic E-state index is 10.0. The molecule has 5 heteroatoms. The summed E-state index contributed by atoms with van der Waals surface area (Å²) in [4.78, 5) is 4.14. The fraction of sp³-hybridized carbons (Fsp3) is 0.364. The molecule has 16 heavy (non-hydrogen) atoms. The minimum Gasteiger partial charge on any atom is -0.375 e. The van der Waals surface area contributed by atoms with E-state index in [2.05, 4.69) is 20.9 Å². The van der Waals surface area contributed by atoms with E-state index in [4.69, 9.17) is 4.74 Å². The molecule has 1 heterocycles. The Bertz CT molecular complexity index is 380. The molecule has 0 saturated carbocycles. The Morgan fingerprint density at radius 3 is 3.00 bits per heavy atom. The SMILES string of the molecule is CO[C@@H]1C=CC[C@H]1N(O)c1ccc(Br)cn1. The number of methoxy groups -OCH3 is 1. The number of nitrogens with zero attached hydrogens (tertiary/aromatic N) is 2. The summed E-state index contributed by atoms with van der Waals surface area (Å²) < 4.78 is 6.15. The van der Waals surface area contributed by atoms with Crippen LogP contribution in [0.2, 0.25) is 0 Å². The van der Waals surface area contributed by atoms with Crippen molar-refractivity contribution in [2.75, 3.05) is 12.2 Å². The molecular weight excluding hydrogens is 272 g/mol. The van der Waals surface area contributed by atoms with Gasteiger partial charge in [0.1, 0.15) is 0 Å². The fourth-order valence-corrected chi connectivity index (χ4v) is 2.00. The second-order valence-corrected chi connectivity index (χ2v) is 4.53. The van der Waals surface area contributed by atoms with Crippen LogP contribution in [0.25, 0.3) is 0 Å². The Kier molecular flexibility index (Phi) is 3.58. The Balaban J connectivity index is 2.13. The van der Waals surface area contributed by atoms with Crippen LogP contribution in [0.1, 0.15) is 6.42 Å². The van der Waals surface area contributed by atoms with Crippen LogP contribution in [0.3, 0.4) is 0 Å². The second-order valence-electron chi connectivity index (χ2n) is 3.61. The number of hydroxylamine groups is 1. The summed E-state index contributed by atoms with van der Waals surface area (Å²) in [6.45, 7) is 0. The van der Waals surface area contributed by atoms with Gasteiger partial charge in [-0.3, -0.25) is 5.21 Å². The lowest BCUT2D eigenvalue weighted by Crippen LogP contribution is -2.39. The van der Waals surface area contributed by atoms with E-state index in [0.717, 1.165) is 10.9 Å². The molecule has 0 aliphatic heterocycles. The van der Waals surface area contributed by atoms with Gasteiger partial charge in [0, 0.05) is 17.8 Å². The molecular formula is C11H13BrN2O2. The van der Waals surface area contributed by atoms with Crippen LogP contribution in [0.15, 0.2) is 35.0 Å². The van der Waals surface area contributed by atoms with Gasteiger partial charge in [-0.05, 0) is 34.5 Å². The summed E-state index contributed by atoms with van der Waals surface area (Å²) in [7, 11) is 1.64. The van der Waals surface area contributed by atoms with E-state index in [1.807, 2.05) is 18.2 Å². The molecule has 0 saturated heterocycles. The first-order chi connectivity index (χ1) is 7.72. The van der Waals surface area contributed by atoms with Crippen LogP contribution in [0.5, 0.6) is 0 Å². The quantitative estimate of drug-likeness (QED) is 0.684. The average molecular weight is 285 g/mol. The van der Waals surface area contributed by atoms with Gasteiger partial charge in [-0.1, -0.05) is 12.2 Å². The van der Waals surface area contributed by atoms with Gasteiger partial charge in [0.2, 0.25) is 0 Å². The molecule has 1 N–H and O–H groups in total. The topological polar surface area (TPSA) is 45.6 Å². The van der Waals surface area contributed by atoms with Crippen molar-refractivity contribution in [2.45, 2.75) is 18.6 Å². The largest absolute Gasteiger partial charge is 0.375 e. The molecule has 2 rings (SSSR count). The highest BCUT2D eigenvalue weighted by Crippen LogP contribution is 2.23. The standard InChI is InChI=1S/C11H13BrN2O2/c1-16-10-4-2-3-9(10)14(15)11-6-5-8(12)7-13-11/h2,4-7,9-10,15H,3H2,1H3/t9-,10-/m1/s1. The third-order valence-corrected chi connectivity index (χ3v) is 3.08. The van der Waals surface area contributed by atoms with E-state index < -0.39 is 0 Å². The van der Waals surface area contributed by atoms with Crippen LogP contribution in [-0.2, 0) is 4.74 Å². The Labute approximate surface area is 103 Å². The lowest BCUT2D eigenvalue weighted by Gasteiger charge is -2.27. The number of ether oxygens (including phenoxy) is 1. The maximum Gasteiger partial charge on any atom is 0.152 e. The van der Waals surface area contributed by atoms with Crippen LogP contribution < -0.4 is 5.06 Å². The minimum absolute atomic E-state index is 0.0875. The van der Waals surface area contributed by atoms with E-state index >= 15 is 0 Å². The summed E-state index contributed by atoms with van der Waals surface area (Å²) in [5.41, 5.74) is 0. The zero-order valence-corrected chi connectivity index (χ0v) is 10.5. The normalized spacial score (nSPS) is 23.7. The van der Waals surface area contributed by atoms with E-state index in [-0.39, 0.29) is 12.1 Å². The maximum atomic E-state index is 10.0. The Morgan fingerprint density at radius 2 is 2.38 bits per heavy atom. The predicted octanol–water partition coefficient (Wildman–Crippen LogP) is 2.38. The number of hydrogen-bond acceptors (Lipinski definition) is 4. The molecule has 0 unspecified atom stereocenters. The predicted molar refractivity (Wildman–Crippen MR) is 64.5 cm³/mol. The third kappa shape index (κ3) is 2.26. The van der Waals surface area contributed by atoms with Crippen molar-refractivity contribution in [3.63, 3.8) is 0 Å². The van der Waals surface area contributed by atoms with Crippen molar-refractivity contribution in [2.24, 2.45) is 0 Å². The van der Waals surface area contributed by atoms with Gasteiger partial charge in [-0.25, -0.2) is 10.0 Å². The summed E-state index contributed by atoms with van der Waals surface area (Å²) in [6.07, 6.45) is 6.28. The Morgan fingerprint density at radius 1 is 1.56 bits per heavy atom. The summed E-state index contributed by atoms with van der Waals surface area (Å²) in [5, 5.41) is 11.2. The first-order valence-electron chi connectivity index (χ1n) is 5.01.